The molecule has 1 fully saturated rings. The number of benzene rings is 3. The van der Waals surface area contributed by atoms with Crippen LogP contribution in [0.1, 0.15) is 26.3 Å². The maximum Gasteiger partial charge on any atom is 0.254 e. The number of hydrogen-bond acceptors (Lipinski definition) is 5. The summed E-state index contributed by atoms with van der Waals surface area (Å²) in [5.74, 6) is 0.142. The highest BCUT2D eigenvalue weighted by atomic mass is 19.1. The Balaban J connectivity index is 1.30. The summed E-state index contributed by atoms with van der Waals surface area (Å²) in [7, 11) is 0. The number of rotatable bonds is 5. The topological polar surface area (TPSA) is 66.4 Å². The van der Waals surface area contributed by atoms with Gasteiger partial charge in [0.15, 0.2) is 5.78 Å². The molecule has 0 bridgehead atoms. The van der Waals surface area contributed by atoms with Crippen molar-refractivity contribution in [1.29, 1.82) is 0 Å². The van der Waals surface area contributed by atoms with Crippen molar-refractivity contribution in [3.8, 4) is 11.3 Å². The van der Waals surface area contributed by atoms with Crippen LogP contribution in [0.15, 0.2) is 91.3 Å². The monoisotopic (exact) mass is 466 g/mol. The first-order valence-electron chi connectivity index (χ1n) is 11.4. The molecule has 1 aliphatic heterocycles. The Morgan fingerprint density at radius 3 is 2.11 bits per heavy atom. The zero-order valence-corrected chi connectivity index (χ0v) is 19.0. The summed E-state index contributed by atoms with van der Waals surface area (Å²) in [6.45, 7) is 2.20. The van der Waals surface area contributed by atoms with Crippen LogP contribution in [0.4, 0.5) is 10.2 Å². The molecule has 6 nitrogen and oxygen atoms in total. The normalized spacial score (nSPS) is 13.5. The maximum absolute atomic E-state index is 13.4. The lowest BCUT2D eigenvalue weighted by Crippen LogP contribution is -2.49. The van der Waals surface area contributed by atoms with Gasteiger partial charge in [-0.3, -0.25) is 9.59 Å². The van der Waals surface area contributed by atoms with Crippen LogP contribution in [0.25, 0.3) is 11.3 Å². The third kappa shape index (κ3) is 4.80. The molecule has 0 N–H and O–H groups in total. The Labute approximate surface area is 202 Å². The largest absolute Gasteiger partial charge is 0.353 e. The highest BCUT2D eigenvalue weighted by Crippen LogP contribution is 2.23. The average molecular weight is 467 g/mol. The molecule has 0 spiro atoms. The molecule has 3 aromatic carbocycles. The second-order valence-corrected chi connectivity index (χ2v) is 8.29. The lowest BCUT2D eigenvalue weighted by Gasteiger charge is -2.35. The molecule has 0 saturated carbocycles. The predicted molar refractivity (Wildman–Crippen MR) is 132 cm³/mol. The molecule has 1 amide bonds. The van der Waals surface area contributed by atoms with E-state index >= 15 is 0 Å². The molecular formula is C28H23FN4O2. The van der Waals surface area contributed by atoms with Gasteiger partial charge >= 0.3 is 0 Å². The number of piperazine rings is 1. The molecule has 0 radical (unpaired) electrons. The number of hydrogen-bond donors (Lipinski definition) is 0. The van der Waals surface area contributed by atoms with Gasteiger partial charge in [0.05, 0.1) is 11.3 Å². The van der Waals surface area contributed by atoms with Crippen LogP contribution in [-0.4, -0.2) is 52.7 Å². The van der Waals surface area contributed by atoms with Crippen LogP contribution < -0.4 is 4.90 Å². The SMILES string of the molecule is O=C(c1ccccc1)c1ccccc1C(=O)N1CCN(c2cc(-c3ccc(F)cc3)ncn2)CC1. The number of anilines is 1. The second-order valence-electron chi connectivity index (χ2n) is 8.29. The van der Waals surface area contributed by atoms with Gasteiger partial charge in [0.2, 0.25) is 0 Å². The van der Waals surface area contributed by atoms with E-state index < -0.39 is 0 Å². The summed E-state index contributed by atoms with van der Waals surface area (Å²) in [4.78, 5) is 39.0. The standard InChI is InChI=1S/C28H23FN4O2/c29-22-12-10-20(11-13-22)25-18-26(31-19-30-25)32-14-16-33(17-15-32)28(35)24-9-5-4-8-23(24)27(34)21-6-2-1-3-7-21/h1-13,18-19H,14-17H2. The fraction of sp³-hybridized carbons (Fsp3) is 0.143. The minimum Gasteiger partial charge on any atom is -0.353 e. The molecule has 2 heterocycles. The van der Waals surface area contributed by atoms with E-state index in [-0.39, 0.29) is 17.5 Å². The Kier molecular flexibility index (Phi) is 6.30. The van der Waals surface area contributed by atoms with E-state index in [9.17, 15) is 14.0 Å². The fourth-order valence-electron chi connectivity index (χ4n) is 4.22. The number of aromatic nitrogens is 2. The third-order valence-corrected chi connectivity index (χ3v) is 6.12. The first kappa shape index (κ1) is 22.4. The van der Waals surface area contributed by atoms with E-state index in [4.69, 9.17) is 0 Å². The summed E-state index contributed by atoms with van der Waals surface area (Å²) in [5.41, 5.74) is 2.89. The molecule has 4 aromatic rings. The van der Waals surface area contributed by atoms with Gasteiger partial charge in [0.25, 0.3) is 5.91 Å². The van der Waals surface area contributed by atoms with Crippen molar-refractivity contribution < 1.29 is 14.0 Å². The van der Waals surface area contributed by atoms with Crippen molar-refractivity contribution in [2.24, 2.45) is 0 Å². The molecule has 174 valence electrons. The minimum atomic E-state index is -0.295. The Morgan fingerprint density at radius 1 is 0.743 bits per heavy atom. The van der Waals surface area contributed by atoms with Crippen molar-refractivity contribution in [2.45, 2.75) is 0 Å². The number of ketones is 1. The van der Waals surface area contributed by atoms with Gasteiger partial charge < -0.3 is 9.80 Å². The maximum atomic E-state index is 13.4. The number of carbonyl (C=O) groups excluding carboxylic acids is 2. The summed E-state index contributed by atoms with van der Waals surface area (Å²) in [5, 5.41) is 0. The van der Waals surface area contributed by atoms with Gasteiger partial charge in [-0.25, -0.2) is 14.4 Å². The molecule has 1 aliphatic rings. The van der Waals surface area contributed by atoms with Crippen LogP contribution in [0.3, 0.4) is 0 Å². The smallest absolute Gasteiger partial charge is 0.254 e. The molecule has 5 rings (SSSR count). The fourth-order valence-corrected chi connectivity index (χ4v) is 4.22. The summed E-state index contributed by atoms with van der Waals surface area (Å²) in [6.07, 6.45) is 1.50. The summed E-state index contributed by atoms with van der Waals surface area (Å²) in [6, 6.07) is 24.0. The van der Waals surface area contributed by atoms with E-state index in [1.807, 2.05) is 24.3 Å². The van der Waals surface area contributed by atoms with Gasteiger partial charge in [0, 0.05) is 48.9 Å². The van der Waals surface area contributed by atoms with Crippen molar-refractivity contribution in [3.05, 3.63) is 114 Å². The predicted octanol–water partition coefficient (Wildman–Crippen LogP) is 4.48. The van der Waals surface area contributed by atoms with E-state index in [0.29, 0.717) is 48.6 Å². The summed E-state index contributed by atoms with van der Waals surface area (Å²) >= 11 is 0. The highest BCUT2D eigenvalue weighted by molar-refractivity contribution is 6.15. The van der Waals surface area contributed by atoms with Crippen LogP contribution in [0.5, 0.6) is 0 Å². The number of amides is 1. The lowest BCUT2D eigenvalue weighted by molar-refractivity contribution is 0.0742. The van der Waals surface area contributed by atoms with Crippen LogP contribution in [0, 0.1) is 5.82 Å². The molecule has 35 heavy (non-hydrogen) atoms. The van der Waals surface area contributed by atoms with E-state index in [1.165, 1.54) is 18.5 Å². The van der Waals surface area contributed by atoms with Gasteiger partial charge in [-0.05, 0) is 30.3 Å². The quantitative estimate of drug-likeness (QED) is 0.406. The van der Waals surface area contributed by atoms with Crippen molar-refractivity contribution in [3.63, 3.8) is 0 Å². The zero-order chi connectivity index (χ0) is 24.2. The Bertz CT molecular complexity index is 1350. The molecule has 0 aliphatic carbocycles. The molecule has 1 saturated heterocycles. The Morgan fingerprint density at radius 2 is 1.40 bits per heavy atom. The molecule has 7 heteroatoms. The first-order chi connectivity index (χ1) is 17.1. The first-order valence-corrected chi connectivity index (χ1v) is 11.4. The van der Waals surface area contributed by atoms with E-state index in [1.54, 1.807) is 53.4 Å². The molecule has 0 unspecified atom stereocenters. The van der Waals surface area contributed by atoms with E-state index in [0.717, 1.165) is 11.4 Å². The molecular weight excluding hydrogens is 443 g/mol. The van der Waals surface area contributed by atoms with Gasteiger partial charge in [-0.15, -0.1) is 0 Å². The van der Waals surface area contributed by atoms with Gasteiger partial charge in [-0.2, -0.15) is 0 Å². The number of halogens is 1. The van der Waals surface area contributed by atoms with Gasteiger partial charge in [-0.1, -0.05) is 48.5 Å². The van der Waals surface area contributed by atoms with Crippen molar-refractivity contribution in [1.82, 2.24) is 14.9 Å². The Hall–Kier alpha value is -4.39. The van der Waals surface area contributed by atoms with Crippen molar-refractivity contribution in [2.75, 3.05) is 31.1 Å². The van der Waals surface area contributed by atoms with Crippen LogP contribution in [0.2, 0.25) is 0 Å². The second kappa shape index (κ2) is 9.85. The van der Waals surface area contributed by atoms with E-state index in [2.05, 4.69) is 14.9 Å². The summed E-state index contributed by atoms with van der Waals surface area (Å²) < 4.78 is 13.3. The lowest BCUT2D eigenvalue weighted by atomic mass is 9.97. The number of carbonyl (C=O) groups is 2. The molecule has 1 aromatic heterocycles. The van der Waals surface area contributed by atoms with Gasteiger partial charge in [0.1, 0.15) is 18.0 Å². The highest BCUT2D eigenvalue weighted by Gasteiger charge is 2.26. The van der Waals surface area contributed by atoms with Crippen LogP contribution >= 0.6 is 0 Å². The van der Waals surface area contributed by atoms with Crippen molar-refractivity contribution >= 4 is 17.5 Å². The minimum absolute atomic E-state index is 0.154. The average Bonchev–Trinajstić information content (AvgIpc) is 2.93. The third-order valence-electron chi connectivity index (χ3n) is 6.12. The number of nitrogens with zero attached hydrogens (tertiary/aromatic N) is 4. The zero-order valence-electron chi connectivity index (χ0n) is 19.0. The molecule has 0 atom stereocenters. The van der Waals surface area contributed by atoms with Crippen LogP contribution in [-0.2, 0) is 0 Å².